The zero-order valence-electron chi connectivity index (χ0n) is 14.5. The molecule has 0 amide bonds. The molecule has 4 N–H and O–H groups in total. The van der Waals surface area contributed by atoms with Crippen molar-refractivity contribution in [1.82, 2.24) is 30.5 Å². The van der Waals surface area contributed by atoms with Gasteiger partial charge >= 0.3 is 5.97 Å². The van der Waals surface area contributed by atoms with Gasteiger partial charge < -0.3 is 15.7 Å². The normalized spacial score (nSPS) is 16.0. The number of nitrogens with one attached hydrogen (secondary N) is 3. The first-order chi connectivity index (χ1) is 13.2. The summed E-state index contributed by atoms with van der Waals surface area (Å²) in [5.74, 6) is 0.258. The maximum absolute atomic E-state index is 11.3. The Hall–Kier alpha value is -3.33. The van der Waals surface area contributed by atoms with Crippen LogP contribution in [-0.4, -0.2) is 49.3 Å². The number of anilines is 1. The highest BCUT2D eigenvalue weighted by molar-refractivity contribution is 5.88. The topological polar surface area (TPSA) is 129 Å². The molecule has 0 spiro atoms. The Balaban J connectivity index is 1.68. The maximum atomic E-state index is 11.3. The predicted octanol–water partition coefficient (Wildman–Crippen LogP) is 1.65. The van der Waals surface area contributed by atoms with Crippen LogP contribution >= 0.6 is 0 Å². The number of nitrogens with zero attached hydrogens (tertiary/aromatic N) is 4. The van der Waals surface area contributed by atoms with Crippen molar-refractivity contribution in [2.75, 3.05) is 18.4 Å². The summed E-state index contributed by atoms with van der Waals surface area (Å²) in [5, 5.41) is 23.5. The third-order valence-corrected chi connectivity index (χ3v) is 4.70. The van der Waals surface area contributed by atoms with Gasteiger partial charge in [-0.2, -0.15) is 5.10 Å². The molecule has 9 heteroatoms. The molecule has 0 saturated carbocycles. The van der Waals surface area contributed by atoms with E-state index in [9.17, 15) is 9.90 Å². The molecule has 0 radical (unpaired) electrons. The van der Waals surface area contributed by atoms with Gasteiger partial charge in [0, 0.05) is 11.9 Å². The third-order valence-electron chi connectivity index (χ3n) is 4.70. The van der Waals surface area contributed by atoms with Gasteiger partial charge in [0.05, 0.1) is 11.1 Å². The minimum absolute atomic E-state index is 0.239. The molecular formula is C18H19N7O2. The molecular weight excluding hydrogens is 346 g/mol. The van der Waals surface area contributed by atoms with Crippen LogP contribution in [0.4, 0.5) is 5.69 Å². The quantitative estimate of drug-likeness (QED) is 0.537. The Kier molecular flexibility index (Phi) is 4.51. The van der Waals surface area contributed by atoms with E-state index >= 15 is 0 Å². The van der Waals surface area contributed by atoms with Gasteiger partial charge in [-0.1, -0.05) is 6.07 Å². The second kappa shape index (κ2) is 7.12. The molecule has 3 aromatic rings. The Morgan fingerprint density at radius 1 is 1.22 bits per heavy atom. The fourth-order valence-electron chi connectivity index (χ4n) is 3.29. The van der Waals surface area contributed by atoms with E-state index in [0.29, 0.717) is 17.3 Å². The van der Waals surface area contributed by atoms with Crippen molar-refractivity contribution in [2.24, 2.45) is 0 Å². The largest absolute Gasteiger partial charge is 0.478 e. The zero-order valence-corrected chi connectivity index (χ0v) is 14.5. The highest BCUT2D eigenvalue weighted by atomic mass is 16.4. The summed E-state index contributed by atoms with van der Waals surface area (Å²) in [4.78, 5) is 24.0. The van der Waals surface area contributed by atoms with Crippen molar-refractivity contribution in [3.8, 4) is 11.5 Å². The Morgan fingerprint density at radius 3 is 2.81 bits per heavy atom. The first-order valence-corrected chi connectivity index (χ1v) is 8.68. The highest BCUT2D eigenvalue weighted by Crippen LogP contribution is 2.33. The number of hydrogen-bond donors (Lipinski definition) is 4. The van der Waals surface area contributed by atoms with Crippen LogP contribution in [0, 0.1) is 0 Å². The molecule has 0 unspecified atom stereocenters. The molecule has 138 valence electrons. The molecule has 3 heterocycles. The summed E-state index contributed by atoms with van der Waals surface area (Å²) in [6.45, 7) is 1.63. The number of aromatic nitrogens is 5. The fourth-order valence-corrected chi connectivity index (χ4v) is 3.29. The highest BCUT2D eigenvalue weighted by Gasteiger charge is 2.37. The number of piperidine rings is 1. The number of hydrogen-bond acceptors (Lipinski definition) is 7. The van der Waals surface area contributed by atoms with Gasteiger partial charge in [0.2, 0.25) is 0 Å². The average Bonchev–Trinajstić information content (AvgIpc) is 3.21. The summed E-state index contributed by atoms with van der Waals surface area (Å²) >= 11 is 0. The van der Waals surface area contributed by atoms with Gasteiger partial charge in [-0.25, -0.2) is 19.7 Å². The second-order valence-electron chi connectivity index (χ2n) is 6.45. The standard InChI is InChI=1S/C18H19N7O2/c26-16(27)12-2-1-3-13(10-12)23-18(5-8-19-9-6-18)17-22-15(24-25-17)14-4-7-20-11-21-14/h1-4,7,10-11,19,23H,5-6,8-9H2,(H,26,27)(H,22,24,25). The first-order valence-electron chi connectivity index (χ1n) is 8.68. The van der Waals surface area contributed by atoms with Crippen molar-refractivity contribution in [3.05, 3.63) is 54.2 Å². The Morgan fingerprint density at radius 2 is 2.07 bits per heavy atom. The Labute approximate surface area is 155 Å². The molecule has 1 saturated heterocycles. The molecule has 0 aliphatic carbocycles. The van der Waals surface area contributed by atoms with Crippen LogP contribution < -0.4 is 10.6 Å². The predicted molar refractivity (Wildman–Crippen MR) is 98.2 cm³/mol. The van der Waals surface area contributed by atoms with Crippen LogP contribution in [-0.2, 0) is 5.54 Å². The van der Waals surface area contributed by atoms with E-state index in [1.807, 2.05) is 6.07 Å². The fraction of sp³-hybridized carbons (Fsp3) is 0.278. The van der Waals surface area contributed by atoms with Gasteiger partial charge in [-0.15, -0.1) is 0 Å². The summed E-state index contributed by atoms with van der Waals surface area (Å²) in [7, 11) is 0. The summed E-state index contributed by atoms with van der Waals surface area (Å²) < 4.78 is 0. The van der Waals surface area contributed by atoms with E-state index in [2.05, 4.69) is 35.8 Å². The number of rotatable bonds is 5. The van der Waals surface area contributed by atoms with Crippen molar-refractivity contribution < 1.29 is 9.90 Å². The molecule has 1 aromatic carbocycles. The van der Waals surface area contributed by atoms with Crippen molar-refractivity contribution in [2.45, 2.75) is 18.4 Å². The SMILES string of the molecule is O=C(O)c1cccc(NC2(c3nc(-c4ccncn4)n[nH]3)CCNCC2)c1. The second-order valence-corrected chi connectivity index (χ2v) is 6.45. The first kappa shape index (κ1) is 17.1. The molecule has 1 fully saturated rings. The van der Waals surface area contributed by atoms with Gasteiger partial charge in [-0.3, -0.25) is 5.10 Å². The lowest BCUT2D eigenvalue weighted by atomic mass is 9.87. The summed E-state index contributed by atoms with van der Waals surface area (Å²) in [6, 6.07) is 8.55. The summed E-state index contributed by atoms with van der Waals surface area (Å²) in [6.07, 6.45) is 4.67. The molecule has 27 heavy (non-hydrogen) atoms. The average molecular weight is 365 g/mol. The maximum Gasteiger partial charge on any atom is 0.335 e. The van der Waals surface area contributed by atoms with Crippen LogP contribution in [0.2, 0.25) is 0 Å². The van der Waals surface area contributed by atoms with Gasteiger partial charge in [0.25, 0.3) is 0 Å². The number of H-pyrrole nitrogens is 1. The Bertz CT molecular complexity index is 936. The van der Waals surface area contributed by atoms with Gasteiger partial charge in [-0.05, 0) is 50.2 Å². The summed E-state index contributed by atoms with van der Waals surface area (Å²) in [5.41, 5.74) is 1.14. The van der Waals surface area contributed by atoms with E-state index in [-0.39, 0.29) is 5.56 Å². The zero-order chi connectivity index (χ0) is 18.7. The molecule has 2 aromatic heterocycles. The number of carbonyl (C=O) groups is 1. The van der Waals surface area contributed by atoms with E-state index in [4.69, 9.17) is 0 Å². The molecule has 1 aliphatic heterocycles. The minimum atomic E-state index is -0.955. The lowest BCUT2D eigenvalue weighted by Crippen LogP contribution is -2.46. The lowest BCUT2D eigenvalue weighted by molar-refractivity contribution is 0.0697. The molecule has 1 aliphatic rings. The van der Waals surface area contributed by atoms with Crippen LogP contribution in [0.3, 0.4) is 0 Å². The van der Waals surface area contributed by atoms with Crippen molar-refractivity contribution in [1.29, 1.82) is 0 Å². The van der Waals surface area contributed by atoms with Gasteiger partial charge in [0.15, 0.2) is 11.6 Å². The molecule has 9 nitrogen and oxygen atoms in total. The number of carboxylic acids is 1. The smallest absolute Gasteiger partial charge is 0.335 e. The van der Waals surface area contributed by atoms with Crippen LogP contribution in [0.15, 0.2) is 42.9 Å². The number of benzene rings is 1. The van der Waals surface area contributed by atoms with E-state index in [1.165, 1.54) is 6.33 Å². The molecule has 4 rings (SSSR count). The minimum Gasteiger partial charge on any atom is -0.478 e. The third kappa shape index (κ3) is 3.49. The van der Waals surface area contributed by atoms with E-state index < -0.39 is 11.5 Å². The number of carboxylic acid groups (broad SMARTS) is 1. The van der Waals surface area contributed by atoms with E-state index in [0.717, 1.165) is 31.6 Å². The van der Waals surface area contributed by atoms with Crippen LogP contribution in [0.1, 0.15) is 29.0 Å². The van der Waals surface area contributed by atoms with Crippen molar-refractivity contribution in [3.63, 3.8) is 0 Å². The lowest BCUT2D eigenvalue weighted by Gasteiger charge is -2.37. The van der Waals surface area contributed by atoms with E-state index in [1.54, 1.807) is 30.5 Å². The molecule has 0 atom stereocenters. The van der Waals surface area contributed by atoms with Crippen LogP contribution in [0.5, 0.6) is 0 Å². The number of aromatic amines is 1. The van der Waals surface area contributed by atoms with Crippen LogP contribution in [0.25, 0.3) is 11.5 Å². The monoisotopic (exact) mass is 365 g/mol. The molecule has 0 bridgehead atoms. The van der Waals surface area contributed by atoms with Gasteiger partial charge in [0.1, 0.15) is 12.0 Å². The van der Waals surface area contributed by atoms with Crippen molar-refractivity contribution >= 4 is 11.7 Å². The number of aromatic carboxylic acids is 1.